The highest BCUT2D eigenvalue weighted by Crippen LogP contribution is 2.24. The highest BCUT2D eigenvalue weighted by atomic mass is 35.5. The zero-order valence-corrected chi connectivity index (χ0v) is 19.1. The van der Waals surface area contributed by atoms with Gasteiger partial charge in [0.2, 0.25) is 5.91 Å². The number of carbonyl (C=O) groups is 1. The van der Waals surface area contributed by atoms with Gasteiger partial charge >= 0.3 is 0 Å². The predicted octanol–water partition coefficient (Wildman–Crippen LogP) is 4.66. The lowest BCUT2D eigenvalue weighted by Gasteiger charge is -2.36. The Balaban J connectivity index is 0.00000320. The number of unbranched alkanes of at least 4 members (excludes halogenated alkanes) is 1. The van der Waals surface area contributed by atoms with Gasteiger partial charge < -0.3 is 15.0 Å². The van der Waals surface area contributed by atoms with Crippen LogP contribution in [0.4, 0.5) is 11.4 Å². The molecule has 164 valence electrons. The second kappa shape index (κ2) is 11.8. The molecule has 0 atom stereocenters. The number of ether oxygens (including phenoxy) is 1. The number of nitrogens with one attached hydrogen (secondary N) is 1. The van der Waals surface area contributed by atoms with Gasteiger partial charge in [-0.15, -0.1) is 12.4 Å². The highest BCUT2D eigenvalue weighted by Gasteiger charge is 2.20. The molecule has 6 heteroatoms. The molecule has 3 rings (SSSR count). The van der Waals surface area contributed by atoms with E-state index >= 15 is 0 Å². The SMILES string of the molecule is CCCCOc1ccc(NC(=O)CN2CCN(c3cccc(C)c3C)CC2)cc1.Cl. The fourth-order valence-electron chi connectivity index (χ4n) is 3.60. The molecule has 2 aromatic rings. The van der Waals surface area contributed by atoms with E-state index in [-0.39, 0.29) is 18.3 Å². The van der Waals surface area contributed by atoms with Gasteiger partial charge in [-0.3, -0.25) is 9.69 Å². The first-order valence-corrected chi connectivity index (χ1v) is 10.6. The fourth-order valence-corrected chi connectivity index (χ4v) is 3.60. The number of halogens is 1. The number of amides is 1. The third kappa shape index (κ3) is 6.64. The minimum atomic E-state index is 0. The zero-order chi connectivity index (χ0) is 20.6. The van der Waals surface area contributed by atoms with Gasteiger partial charge in [-0.25, -0.2) is 0 Å². The van der Waals surface area contributed by atoms with Crippen molar-refractivity contribution in [2.45, 2.75) is 33.6 Å². The van der Waals surface area contributed by atoms with Crippen LogP contribution in [0.3, 0.4) is 0 Å². The monoisotopic (exact) mass is 431 g/mol. The number of hydrogen-bond donors (Lipinski definition) is 1. The number of aryl methyl sites for hydroxylation is 1. The van der Waals surface area contributed by atoms with Gasteiger partial charge in [0.1, 0.15) is 5.75 Å². The van der Waals surface area contributed by atoms with Crippen LogP contribution in [-0.2, 0) is 4.79 Å². The number of anilines is 2. The van der Waals surface area contributed by atoms with Gasteiger partial charge in [-0.1, -0.05) is 25.5 Å². The Morgan fingerprint density at radius 2 is 1.73 bits per heavy atom. The van der Waals surface area contributed by atoms with Crippen molar-refractivity contribution in [3.8, 4) is 5.75 Å². The number of hydrogen-bond acceptors (Lipinski definition) is 4. The van der Waals surface area contributed by atoms with Crippen LogP contribution in [0.2, 0.25) is 0 Å². The Bertz CT molecular complexity index is 803. The van der Waals surface area contributed by atoms with E-state index in [9.17, 15) is 4.79 Å². The number of rotatable bonds is 8. The van der Waals surface area contributed by atoms with E-state index < -0.39 is 0 Å². The van der Waals surface area contributed by atoms with Crippen molar-refractivity contribution in [3.63, 3.8) is 0 Å². The van der Waals surface area contributed by atoms with Crippen molar-refractivity contribution >= 4 is 29.7 Å². The van der Waals surface area contributed by atoms with E-state index in [0.29, 0.717) is 6.54 Å². The summed E-state index contributed by atoms with van der Waals surface area (Å²) < 4.78 is 5.66. The molecule has 0 aliphatic carbocycles. The molecule has 1 N–H and O–H groups in total. The molecule has 1 aliphatic heterocycles. The molecule has 1 aliphatic rings. The lowest BCUT2D eigenvalue weighted by molar-refractivity contribution is -0.117. The molecular weight excluding hydrogens is 398 g/mol. The Kier molecular flexibility index (Phi) is 9.47. The number of carbonyl (C=O) groups excluding carboxylic acids is 1. The van der Waals surface area contributed by atoms with E-state index in [1.165, 1.54) is 16.8 Å². The molecule has 1 heterocycles. The van der Waals surface area contributed by atoms with Crippen molar-refractivity contribution in [3.05, 3.63) is 53.6 Å². The second-order valence-electron chi connectivity index (χ2n) is 7.76. The van der Waals surface area contributed by atoms with Crippen LogP contribution in [0.1, 0.15) is 30.9 Å². The van der Waals surface area contributed by atoms with Crippen molar-refractivity contribution in [2.75, 3.05) is 49.5 Å². The summed E-state index contributed by atoms with van der Waals surface area (Å²) in [5.74, 6) is 0.879. The average Bonchev–Trinajstić information content (AvgIpc) is 2.72. The van der Waals surface area contributed by atoms with E-state index in [1.807, 2.05) is 24.3 Å². The molecule has 1 saturated heterocycles. The highest BCUT2D eigenvalue weighted by molar-refractivity contribution is 5.92. The first kappa shape index (κ1) is 24.0. The minimum absolute atomic E-state index is 0. The summed E-state index contributed by atoms with van der Waals surface area (Å²) in [5.41, 5.74) is 4.80. The molecule has 0 spiro atoms. The van der Waals surface area contributed by atoms with E-state index in [1.54, 1.807) is 0 Å². The molecule has 0 saturated carbocycles. The predicted molar refractivity (Wildman–Crippen MR) is 127 cm³/mol. The maximum absolute atomic E-state index is 12.4. The molecule has 1 amide bonds. The number of piperazine rings is 1. The first-order valence-electron chi connectivity index (χ1n) is 10.6. The zero-order valence-electron chi connectivity index (χ0n) is 18.3. The molecular formula is C24H34ClN3O2. The van der Waals surface area contributed by atoms with Gasteiger partial charge in [0.05, 0.1) is 13.2 Å². The summed E-state index contributed by atoms with van der Waals surface area (Å²) in [5, 5.41) is 2.99. The Hall–Kier alpha value is -2.24. The maximum atomic E-state index is 12.4. The quantitative estimate of drug-likeness (QED) is 0.617. The van der Waals surface area contributed by atoms with Crippen molar-refractivity contribution in [2.24, 2.45) is 0 Å². The van der Waals surface area contributed by atoms with Crippen molar-refractivity contribution in [1.29, 1.82) is 0 Å². The number of benzene rings is 2. The van der Waals surface area contributed by atoms with Crippen LogP contribution < -0.4 is 15.0 Å². The molecule has 2 aromatic carbocycles. The first-order chi connectivity index (χ1) is 14.1. The maximum Gasteiger partial charge on any atom is 0.238 e. The van der Waals surface area contributed by atoms with Crippen molar-refractivity contribution in [1.82, 2.24) is 4.90 Å². The van der Waals surface area contributed by atoms with E-state index in [2.05, 4.69) is 54.1 Å². The summed E-state index contributed by atoms with van der Waals surface area (Å²) >= 11 is 0. The normalized spacial score (nSPS) is 14.2. The smallest absolute Gasteiger partial charge is 0.238 e. The standard InChI is InChI=1S/C24H33N3O2.ClH/c1-4-5-17-29-22-11-9-21(10-12-22)25-24(28)18-26-13-15-27(16-14-26)23-8-6-7-19(2)20(23)3;/h6-12H,4-5,13-18H2,1-3H3,(H,25,28);1H. The van der Waals surface area contributed by atoms with Gasteiger partial charge in [-0.2, -0.15) is 0 Å². The Labute approximate surface area is 186 Å². The Morgan fingerprint density at radius 1 is 1.03 bits per heavy atom. The van der Waals surface area contributed by atoms with Crippen LogP contribution in [-0.4, -0.2) is 50.1 Å². The third-order valence-corrected chi connectivity index (χ3v) is 5.56. The average molecular weight is 432 g/mol. The second-order valence-corrected chi connectivity index (χ2v) is 7.76. The molecule has 0 unspecified atom stereocenters. The van der Waals surface area contributed by atoms with Crippen LogP contribution in [0.15, 0.2) is 42.5 Å². The Morgan fingerprint density at radius 3 is 2.40 bits per heavy atom. The number of nitrogens with zero attached hydrogens (tertiary/aromatic N) is 2. The summed E-state index contributed by atoms with van der Waals surface area (Å²) in [7, 11) is 0. The third-order valence-electron chi connectivity index (χ3n) is 5.56. The summed E-state index contributed by atoms with van der Waals surface area (Å²) in [6.45, 7) is 11.3. The lowest BCUT2D eigenvalue weighted by atomic mass is 10.1. The fraction of sp³-hybridized carbons (Fsp3) is 0.458. The van der Waals surface area contributed by atoms with Gasteiger partial charge in [0.25, 0.3) is 0 Å². The summed E-state index contributed by atoms with van der Waals surface area (Å²) in [6, 6.07) is 14.1. The van der Waals surface area contributed by atoms with Gasteiger partial charge in [0, 0.05) is 37.6 Å². The molecule has 0 radical (unpaired) electrons. The summed E-state index contributed by atoms with van der Waals surface area (Å²) in [4.78, 5) is 17.1. The van der Waals surface area contributed by atoms with Gasteiger partial charge in [-0.05, 0) is 61.7 Å². The lowest BCUT2D eigenvalue weighted by Crippen LogP contribution is -2.48. The van der Waals surface area contributed by atoms with E-state index in [0.717, 1.165) is 57.1 Å². The molecule has 30 heavy (non-hydrogen) atoms. The van der Waals surface area contributed by atoms with Crippen LogP contribution in [0.25, 0.3) is 0 Å². The van der Waals surface area contributed by atoms with Crippen LogP contribution in [0, 0.1) is 13.8 Å². The summed E-state index contributed by atoms with van der Waals surface area (Å²) in [6.07, 6.45) is 2.17. The minimum Gasteiger partial charge on any atom is -0.494 e. The molecule has 1 fully saturated rings. The van der Waals surface area contributed by atoms with Crippen LogP contribution >= 0.6 is 12.4 Å². The topological polar surface area (TPSA) is 44.8 Å². The molecule has 0 aromatic heterocycles. The van der Waals surface area contributed by atoms with Gasteiger partial charge in [0.15, 0.2) is 0 Å². The van der Waals surface area contributed by atoms with Crippen molar-refractivity contribution < 1.29 is 9.53 Å². The van der Waals surface area contributed by atoms with E-state index in [4.69, 9.17) is 4.74 Å². The largest absolute Gasteiger partial charge is 0.494 e. The molecule has 0 bridgehead atoms. The van der Waals surface area contributed by atoms with Crippen LogP contribution in [0.5, 0.6) is 5.75 Å². The molecule has 5 nitrogen and oxygen atoms in total.